The number of benzene rings is 2. The Morgan fingerprint density at radius 2 is 1.89 bits per heavy atom. The minimum Gasteiger partial charge on any atom is -0.302 e. The Morgan fingerprint density at radius 1 is 1.22 bits per heavy atom. The molecule has 3 rings (SSSR count). The molecule has 0 aliphatic carbocycles. The van der Waals surface area contributed by atoms with Gasteiger partial charge >= 0.3 is 0 Å². The summed E-state index contributed by atoms with van der Waals surface area (Å²) >= 11 is 7.43. The van der Waals surface area contributed by atoms with Crippen LogP contribution in [0.4, 0.5) is 5.13 Å². The van der Waals surface area contributed by atoms with Crippen molar-refractivity contribution in [2.24, 2.45) is 0 Å². The summed E-state index contributed by atoms with van der Waals surface area (Å²) in [6.07, 6.45) is 0.137. The van der Waals surface area contributed by atoms with Gasteiger partial charge in [0.05, 0.1) is 26.8 Å². The molecule has 0 spiro atoms. The van der Waals surface area contributed by atoms with Gasteiger partial charge in [0.2, 0.25) is 5.91 Å². The normalized spacial score (nSPS) is 11.9. The van der Waals surface area contributed by atoms with E-state index in [2.05, 4.69) is 10.3 Å². The van der Waals surface area contributed by atoms with Crippen molar-refractivity contribution in [3.8, 4) is 0 Å². The number of fused-ring (bicyclic) bond motifs is 1. The van der Waals surface area contributed by atoms with Crippen LogP contribution in [0.1, 0.15) is 25.0 Å². The molecule has 0 saturated carbocycles. The van der Waals surface area contributed by atoms with Crippen LogP contribution in [-0.2, 0) is 21.1 Å². The van der Waals surface area contributed by atoms with E-state index in [4.69, 9.17) is 11.6 Å². The van der Waals surface area contributed by atoms with Gasteiger partial charge in [-0.1, -0.05) is 35.1 Å². The van der Waals surface area contributed by atoms with Crippen molar-refractivity contribution in [1.29, 1.82) is 0 Å². The van der Waals surface area contributed by atoms with E-state index >= 15 is 0 Å². The molecular formula is C19H19ClN2O3S2. The van der Waals surface area contributed by atoms with E-state index in [9.17, 15) is 13.2 Å². The third-order valence-electron chi connectivity index (χ3n) is 4.13. The molecule has 8 heteroatoms. The maximum atomic E-state index is 12.3. The summed E-state index contributed by atoms with van der Waals surface area (Å²) in [5.74, 6) is -0.211. The van der Waals surface area contributed by atoms with Crippen molar-refractivity contribution in [3.63, 3.8) is 0 Å². The van der Waals surface area contributed by atoms with Crippen molar-refractivity contribution in [2.75, 3.05) is 5.32 Å². The Labute approximate surface area is 167 Å². The largest absolute Gasteiger partial charge is 0.302 e. The van der Waals surface area contributed by atoms with E-state index in [0.29, 0.717) is 10.2 Å². The molecule has 5 nitrogen and oxygen atoms in total. The first-order valence-electron chi connectivity index (χ1n) is 8.36. The fourth-order valence-corrected chi connectivity index (χ4v) is 5.02. The third kappa shape index (κ3) is 4.31. The van der Waals surface area contributed by atoms with E-state index in [0.717, 1.165) is 21.3 Å². The van der Waals surface area contributed by atoms with Crippen molar-refractivity contribution >= 4 is 54.0 Å². The highest BCUT2D eigenvalue weighted by Gasteiger charge is 2.19. The van der Waals surface area contributed by atoms with Crippen LogP contribution >= 0.6 is 22.9 Å². The van der Waals surface area contributed by atoms with Crippen LogP contribution in [0.5, 0.6) is 0 Å². The smallest absolute Gasteiger partial charge is 0.230 e. The molecule has 0 saturated heterocycles. The number of hydrogen-bond donors (Lipinski definition) is 1. The van der Waals surface area contributed by atoms with Crippen LogP contribution in [0.25, 0.3) is 10.2 Å². The van der Waals surface area contributed by atoms with Crippen LogP contribution < -0.4 is 5.32 Å². The van der Waals surface area contributed by atoms with Gasteiger partial charge in [-0.05, 0) is 56.2 Å². The molecule has 0 atom stereocenters. The van der Waals surface area contributed by atoms with Gasteiger partial charge < -0.3 is 5.32 Å². The summed E-state index contributed by atoms with van der Waals surface area (Å²) in [5.41, 5.74) is 2.51. The van der Waals surface area contributed by atoms with Gasteiger partial charge in [-0.2, -0.15) is 0 Å². The molecule has 1 heterocycles. The molecule has 0 bridgehead atoms. The van der Waals surface area contributed by atoms with Crippen LogP contribution in [-0.4, -0.2) is 24.6 Å². The first-order valence-corrected chi connectivity index (χ1v) is 11.1. The average Bonchev–Trinajstić information content (AvgIpc) is 2.97. The molecule has 1 amide bonds. The summed E-state index contributed by atoms with van der Waals surface area (Å²) in [6, 6.07) is 10.1. The molecule has 142 valence electrons. The SMILES string of the molecule is Cc1cc(Cl)cc2sc(NC(=O)Cc3ccc(S(=O)(=O)C(C)C)cc3)nc12. The standard InChI is InChI=1S/C19H19ClN2O3S2/c1-11(2)27(24,25)15-6-4-13(5-7-15)9-17(23)21-19-22-18-12(3)8-14(20)10-16(18)26-19/h4-8,10-11H,9H2,1-3H3,(H,21,22,23). The molecule has 1 aromatic heterocycles. The maximum absolute atomic E-state index is 12.3. The number of carbonyl (C=O) groups is 1. The number of thiazole rings is 1. The van der Waals surface area contributed by atoms with Gasteiger partial charge in [-0.3, -0.25) is 4.79 Å². The Bertz CT molecular complexity index is 1100. The highest BCUT2D eigenvalue weighted by atomic mass is 35.5. The molecule has 0 aliphatic heterocycles. The minimum absolute atomic E-state index is 0.137. The van der Waals surface area contributed by atoms with E-state index in [1.165, 1.54) is 11.3 Å². The number of carbonyl (C=O) groups excluding carboxylic acids is 1. The third-order valence-corrected chi connectivity index (χ3v) is 7.44. The van der Waals surface area contributed by atoms with E-state index in [1.807, 2.05) is 19.1 Å². The lowest BCUT2D eigenvalue weighted by Crippen LogP contribution is -2.15. The highest BCUT2D eigenvalue weighted by molar-refractivity contribution is 7.92. The predicted molar refractivity (Wildman–Crippen MR) is 110 cm³/mol. The van der Waals surface area contributed by atoms with Gasteiger partial charge in [0.15, 0.2) is 15.0 Å². The van der Waals surface area contributed by atoms with Gasteiger partial charge in [-0.15, -0.1) is 0 Å². The summed E-state index contributed by atoms with van der Waals surface area (Å²) in [5, 5.41) is 3.46. The number of rotatable bonds is 5. The predicted octanol–water partition coefficient (Wildman–Crippen LogP) is 4.62. The van der Waals surface area contributed by atoms with Crippen molar-refractivity contribution in [1.82, 2.24) is 4.98 Å². The molecule has 27 heavy (non-hydrogen) atoms. The summed E-state index contributed by atoms with van der Waals surface area (Å²) in [7, 11) is -3.31. The molecule has 1 N–H and O–H groups in total. The number of nitrogens with zero attached hydrogens (tertiary/aromatic N) is 1. The molecule has 0 fully saturated rings. The molecule has 0 aliphatic rings. The van der Waals surface area contributed by atoms with Crippen LogP contribution in [0.15, 0.2) is 41.3 Å². The fourth-order valence-electron chi connectivity index (χ4n) is 2.63. The van der Waals surface area contributed by atoms with Gasteiger partial charge in [0.25, 0.3) is 0 Å². The highest BCUT2D eigenvalue weighted by Crippen LogP contribution is 2.31. The number of hydrogen-bond acceptors (Lipinski definition) is 5. The zero-order valence-electron chi connectivity index (χ0n) is 15.1. The summed E-state index contributed by atoms with van der Waals surface area (Å²) in [6.45, 7) is 5.21. The Kier molecular flexibility index (Phi) is 5.55. The summed E-state index contributed by atoms with van der Waals surface area (Å²) in [4.78, 5) is 17.0. The second-order valence-electron chi connectivity index (χ2n) is 6.55. The number of aromatic nitrogens is 1. The van der Waals surface area contributed by atoms with E-state index in [1.54, 1.807) is 38.1 Å². The Balaban J connectivity index is 1.72. The Hall–Kier alpha value is -1.96. The number of nitrogens with one attached hydrogen (secondary N) is 1. The maximum Gasteiger partial charge on any atom is 0.230 e. The number of amides is 1. The quantitative estimate of drug-likeness (QED) is 0.650. The summed E-state index contributed by atoms with van der Waals surface area (Å²) < 4.78 is 25.2. The lowest BCUT2D eigenvalue weighted by molar-refractivity contribution is -0.115. The number of halogens is 1. The van der Waals surface area contributed by atoms with Crippen molar-refractivity contribution < 1.29 is 13.2 Å². The Morgan fingerprint density at radius 3 is 2.52 bits per heavy atom. The fraction of sp³-hybridized carbons (Fsp3) is 0.263. The zero-order valence-corrected chi connectivity index (χ0v) is 17.5. The number of aryl methyl sites for hydroxylation is 1. The molecular weight excluding hydrogens is 404 g/mol. The van der Waals surface area contributed by atoms with Crippen molar-refractivity contribution in [2.45, 2.75) is 37.3 Å². The number of sulfone groups is 1. The molecule has 2 aromatic carbocycles. The lowest BCUT2D eigenvalue weighted by Gasteiger charge is -2.08. The molecule has 0 unspecified atom stereocenters. The average molecular weight is 423 g/mol. The zero-order chi connectivity index (χ0) is 19.8. The second-order valence-corrected chi connectivity index (χ2v) is 10.5. The van der Waals surface area contributed by atoms with Crippen LogP contribution in [0.3, 0.4) is 0 Å². The van der Waals surface area contributed by atoms with E-state index < -0.39 is 15.1 Å². The van der Waals surface area contributed by atoms with Crippen LogP contribution in [0.2, 0.25) is 5.02 Å². The lowest BCUT2D eigenvalue weighted by atomic mass is 10.1. The first kappa shape index (κ1) is 19.8. The minimum atomic E-state index is -3.31. The van der Waals surface area contributed by atoms with E-state index in [-0.39, 0.29) is 17.2 Å². The molecule has 0 radical (unpaired) electrons. The second kappa shape index (κ2) is 7.58. The van der Waals surface area contributed by atoms with Gasteiger partial charge in [-0.25, -0.2) is 13.4 Å². The first-order chi connectivity index (χ1) is 12.7. The number of anilines is 1. The van der Waals surface area contributed by atoms with Gasteiger partial charge in [0, 0.05) is 5.02 Å². The molecule has 3 aromatic rings. The van der Waals surface area contributed by atoms with Gasteiger partial charge in [0.1, 0.15) is 0 Å². The topological polar surface area (TPSA) is 76.1 Å². The van der Waals surface area contributed by atoms with Crippen molar-refractivity contribution in [3.05, 3.63) is 52.5 Å². The van der Waals surface area contributed by atoms with Crippen LogP contribution in [0, 0.1) is 6.92 Å². The monoisotopic (exact) mass is 422 g/mol.